The van der Waals surface area contributed by atoms with Gasteiger partial charge in [-0.25, -0.2) is 0 Å². The van der Waals surface area contributed by atoms with E-state index in [1.54, 1.807) is 30.3 Å². The molecular weight excluding hydrogens is 438 g/mol. The van der Waals surface area contributed by atoms with Gasteiger partial charge >= 0.3 is 5.97 Å². The molecule has 0 aliphatic heterocycles. The summed E-state index contributed by atoms with van der Waals surface area (Å²) in [6, 6.07) is 17.2. The van der Waals surface area contributed by atoms with Crippen LogP contribution >= 0.6 is 0 Å². The number of hydrogen-bond acceptors (Lipinski definition) is 8. The van der Waals surface area contributed by atoms with E-state index >= 15 is 0 Å². The van der Waals surface area contributed by atoms with Crippen molar-refractivity contribution in [2.24, 2.45) is 0 Å². The third kappa shape index (κ3) is 5.11. The van der Waals surface area contributed by atoms with Crippen LogP contribution in [0.5, 0.6) is 28.7 Å². The zero-order valence-electron chi connectivity index (χ0n) is 19.8. The Morgan fingerprint density at radius 1 is 0.765 bits per heavy atom. The van der Waals surface area contributed by atoms with Crippen molar-refractivity contribution in [3.63, 3.8) is 0 Å². The zero-order chi connectivity index (χ0) is 24.7. The molecule has 8 nitrogen and oxygen atoms in total. The second-order valence-electron chi connectivity index (χ2n) is 7.38. The summed E-state index contributed by atoms with van der Waals surface area (Å²) < 4.78 is 26.7. The van der Waals surface area contributed by atoms with Crippen LogP contribution in [0.15, 0.2) is 60.7 Å². The number of benzene rings is 3. The summed E-state index contributed by atoms with van der Waals surface area (Å²) in [5.41, 5.74) is 2.00. The third-order valence-corrected chi connectivity index (χ3v) is 5.50. The average Bonchev–Trinajstić information content (AvgIpc) is 2.87. The maximum absolute atomic E-state index is 13.1. The maximum Gasteiger partial charge on any atom is 0.315 e. The van der Waals surface area contributed by atoms with Crippen LogP contribution in [0.25, 0.3) is 0 Å². The first kappa shape index (κ1) is 24.6. The van der Waals surface area contributed by atoms with Crippen LogP contribution in [0.3, 0.4) is 0 Å². The second-order valence-corrected chi connectivity index (χ2v) is 7.38. The summed E-state index contributed by atoms with van der Waals surface area (Å²) in [4.78, 5) is 13.1. The number of nitrogens with one attached hydrogen (secondary N) is 1. The summed E-state index contributed by atoms with van der Waals surface area (Å²) in [6.45, 7) is 0. The highest BCUT2D eigenvalue weighted by molar-refractivity contribution is 5.80. The maximum atomic E-state index is 13.1. The Morgan fingerprint density at radius 2 is 1.38 bits per heavy atom. The highest BCUT2D eigenvalue weighted by Gasteiger charge is 2.33. The van der Waals surface area contributed by atoms with Crippen molar-refractivity contribution in [1.82, 2.24) is 0 Å². The number of aromatic hydroxyl groups is 1. The van der Waals surface area contributed by atoms with E-state index in [1.165, 1.54) is 35.5 Å². The Bertz CT molecular complexity index is 1090. The quantitative estimate of drug-likeness (QED) is 0.420. The molecule has 0 bridgehead atoms. The van der Waals surface area contributed by atoms with E-state index in [2.05, 4.69) is 5.32 Å². The van der Waals surface area contributed by atoms with Gasteiger partial charge in [0.15, 0.2) is 23.0 Å². The molecule has 3 aromatic carbocycles. The van der Waals surface area contributed by atoms with Crippen molar-refractivity contribution in [3.05, 3.63) is 71.8 Å². The molecule has 8 heteroatoms. The molecule has 2 N–H and O–H groups in total. The Kier molecular flexibility index (Phi) is 8.08. The van der Waals surface area contributed by atoms with Gasteiger partial charge in [0.1, 0.15) is 5.92 Å². The first-order chi connectivity index (χ1) is 16.5. The molecule has 0 saturated carbocycles. The summed E-state index contributed by atoms with van der Waals surface area (Å²) >= 11 is 0. The number of methoxy groups -OCH3 is 5. The topological polar surface area (TPSA) is 95.5 Å². The number of phenols is 1. The van der Waals surface area contributed by atoms with E-state index < -0.39 is 17.9 Å². The molecule has 0 radical (unpaired) electrons. The SMILES string of the molecule is COC(=O)C(c1ccccc1)[C@H](Nc1cc(OC)c(OC)c(OC)c1)c1ccc(OC)c(O)c1. The fourth-order valence-electron chi connectivity index (χ4n) is 3.86. The van der Waals surface area contributed by atoms with Crippen LogP contribution in [0.2, 0.25) is 0 Å². The van der Waals surface area contributed by atoms with Gasteiger partial charge in [0.2, 0.25) is 5.75 Å². The smallest absolute Gasteiger partial charge is 0.315 e. The van der Waals surface area contributed by atoms with Crippen LogP contribution in [0.1, 0.15) is 23.1 Å². The Balaban J connectivity index is 2.17. The molecule has 2 atom stereocenters. The van der Waals surface area contributed by atoms with Gasteiger partial charge in [-0.05, 0) is 23.3 Å². The van der Waals surface area contributed by atoms with Crippen molar-refractivity contribution < 1.29 is 33.6 Å². The standard InChI is InChI=1S/C26H29NO7/c1-30-20-12-11-17(13-19(20)28)24(23(26(29)34-5)16-9-7-6-8-10-16)27-18-14-21(31-2)25(33-4)22(15-18)32-3/h6-15,23-24,27-28H,1-5H3/t23?,24-/m1/s1. The predicted octanol–water partition coefficient (Wildman–Crippen LogP) is 4.54. The van der Waals surface area contributed by atoms with Crippen molar-refractivity contribution in [2.45, 2.75) is 12.0 Å². The van der Waals surface area contributed by atoms with Crippen LogP contribution in [-0.2, 0) is 9.53 Å². The molecule has 3 rings (SSSR count). The first-order valence-corrected chi connectivity index (χ1v) is 10.5. The van der Waals surface area contributed by atoms with Gasteiger partial charge in [0.25, 0.3) is 0 Å². The van der Waals surface area contributed by atoms with Crippen molar-refractivity contribution in [3.8, 4) is 28.7 Å². The van der Waals surface area contributed by atoms with Crippen LogP contribution in [-0.4, -0.2) is 46.6 Å². The van der Waals surface area contributed by atoms with Crippen molar-refractivity contribution >= 4 is 11.7 Å². The van der Waals surface area contributed by atoms with Crippen molar-refractivity contribution in [1.29, 1.82) is 0 Å². The molecule has 0 aromatic heterocycles. The van der Waals surface area contributed by atoms with E-state index in [9.17, 15) is 9.90 Å². The minimum absolute atomic E-state index is 0.0478. The molecular formula is C26H29NO7. The molecule has 0 heterocycles. The molecule has 0 aliphatic carbocycles. The molecule has 0 amide bonds. The number of carbonyl (C=O) groups is 1. The molecule has 1 unspecified atom stereocenters. The van der Waals surface area contributed by atoms with Gasteiger partial charge in [-0.15, -0.1) is 0 Å². The lowest BCUT2D eigenvalue weighted by Crippen LogP contribution is -2.27. The van der Waals surface area contributed by atoms with Crippen LogP contribution in [0.4, 0.5) is 5.69 Å². The summed E-state index contributed by atoms with van der Waals surface area (Å²) in [5, 5.41) is 13.9. The number of esters is 1. The van der Waals surface area contributed by atoms with Gasteiger partial charge in [-0.3, -0.25) is 4.79 Å². The molecule has 0 fully saturated rings. The highest BCUT2D eigenvalue weighted by Crippen LogP contribution is 2.43. The fourth-order valence-corrected chi connectivity index (χ4v) is 3.86. The number of anilines is 1. The number of ether oxygens (including phenoxy) is 5. The van der Waals surface area contributed by atoms with E-state index in [0.717, 1.165) is 5.56 Å². The van der Waals surface area contributed by atoms with E-state index in [4.69, 9.17) is 23.7 Å². The lowest BCUT2D eigenvalue weighted by atomic mass is 9.86. The Labute approximate surface area is 199 Å². The molecule has 0 aliphatic rings. The number of phenolic OH excluding ortho intramolecular Hbond substituents is 1. The Morgan fingerprint density at radius 3 is 1.88 bits per heavy atom. The monoisotopic (exact) mass is 467 g/mol. The van der Waals surface area contributed by atoms with E-state index in [-0.39, 0.29) is 5.75 Å². The number of carbonyl (C=O) groups excluding carboxylic acids is 1. The van der Waals surface area contributed by atoms with Gasteiger partial charge in [-0.2, -0.15) is 0 Å². The normalized spacial score (nSPS) is 12.3. The van der Waals surface area contributed by atoms with Gasteiger partial charge in [0.05, 0.1) is 41.6 Å². The van der Waals surface area contributed by atoms with Crippen LogP contribution in [0, 0.1) is 0 Å². The summed E-state index contributed by atoms with van der Waals surface area (Å²) in [5.74, 6) is 0.453. The summed E-state index contributed by atoms with van der Waals surface area (Å²) in [7, 11) is 7.41. The average molecular weight is 468 g/mol. The molecule has 180 valence electrons. The second kappa shape index (κ2) is 11.2. The lowest BCUT2D eigenvalue weighted by Gasteiger charge is -2.29. The summed E-state index contributed by atoms with van der Waals surface area (Å²) in [6.07, 6.45) is 0. The molecule has 0 saturated heterocycles. The highest BCUT2D eigenvalue weighted by atomic mass is 16.5. The molecule has 34 heavy (non-hydrogen) atoms. The number of rotatable bonds is 10. The third-order valence-electron chi connectivity index (χ3n) is 5.50. The zero-order valence-corrected chi connectivity index (χ0v) is 19.8. The van der Waals surface area contributed by atoms with E-state index in [1.807, 2.05) is 30.3 Å². The molecule has 0 spiro atoms. The minimum atomic E-state index is -0.738. The van der Waals surface area contributed by atoms with E-state index in [0.29, 0.717) is 34.2 Å². The minimum Gasteiger partial charge on any atom is -0.504 e. The fraction of sp³-hybridized carbons (Fsp3) is 0.269. The largest absolute Gasteiger partial charge is 0.504 e. The molecule has 3 aromatic rings. The van der Waals surface area contributed by atoms with Crippen LogP contribution < -0.4 is 24.3 Å². The van der Waals surface area contributed by atoms with Crippen molar-refractivity contribution in [2.75, 3.05) is 40.9 Å². The van der Waals surface area contributed by atoms with Gasteiger partial charge in [-0.1, -0.05) is 36.4 Å². The first-order valence-electron chi connectivity index (χ1n) is 10.5. The number of hydrogen-bond donors (Lipinski definition) is 2. The van der Waals surface area contributed by atoms with Gasteiger partial charge in [0, 0.05) is 17.8 Å². The van der Waals surface area contributed by atoms with Gasteiger partial charge < -0.3 is 34.1 Å². The Hall–Kier alpha value is -4.07. The lowest BCUT2D eigenvalue weighted by molar-refractivity contribution is -0.142. The predicted molar refractivity (Wildman–Crippen MR) is 128 cm³/mol.